The van der Waals surface area contributed by atoms with E-state index in [9.17, 15) is 8.78 Å². The van der Waals surface area contributed by atoms with E-state index in [4.69, 9.17) is 10.5 Å². The Morgan fingerprint density at radius 2 is 2.06 bits per heavy atom. The normalized spacial score (nSPS) is 17.9. The molecule has 2 rings (SSSR count). The topological polar surface area (TPSA) is 35.2 Å². The molecule has 1 fully saturated rings. The number of hydrogen-bond donors (Lipinski definition) is 1. The summed E-state index contributed by atoms with van der Waals surface area (Å²) >= 11 is 0. The second kappa shape index (κ2) is 3.95. The zero-order valence-electron chi connectivity index (χ0n) is 10.1. The summed E-state index contributed by atoms with van der Waals surface area (Å²) in [7, 11) is 1.40. The lowest BCUT2D eigenvalue weighted by atomic mass is 9.93. The van der Waals surface area contributed by atoms with Gasteiger partial charge < -0.3 is 10.5 Å². The lowest BCUT2D eigenvalue weighted by Crippen LogP contribution is -2.21. The molecule has 0 spiro atoms. The fraction of sp³-hybridized carbons (Fsp3) is 0.538. The van der Waals surface area contributed by atoms with Crippen LogP contribution in [-0.4, -0.2) is 13.7 Å². The molecule has 0 bridgehead atoms. The van der Waals surface area contributed by atoms with Crippen LogP contribution in [0.3, 0.4) is 0 Å². The number of nitrogens with two attached hydrogens (primary N) is 1. The van der Waals surface area contributed by atoms with Gasteiger partial charge in [-0.05, 0) is 30.5 Å². The molecule has 2 N–H and O–H groups in total. The minimum absolute atomic E-state index is 0.0581. The summed E-state index contributed by atoms with van der Waals surface area (Å²) in [6.07, 6.45) is 1.95. The van der Waals surface area contributed by atoms with Crippen molar-refractivity contribution in [2.45, 2.75) is 31.1 Å². The van der Waals surface area contributed by atoms with Crippen LogP contribution < -0.4 is 10.5 Å². The first kappa shape index (κ1) is 12.3. The van der Waals surface area contributed by atoms with E-state index in [1.165, 1.54) is 7.11 Å². The highest BCUT2D eigenvalue weighted by molar-refractivity contribution is 5.44. The lowest BCUT2D eigenvalue weighted by Gasteiger charge is -2.19. The van der Waals surface area contributed by atoms with Crippen LogP contribution in [0.1, 0.15) is 30.9 Å². The number of benzene rings is 1. The lowest BCUT2D eigenvalue weighted by molar-refractivity contribution is 0.0149. The van der Waals surface area contributed by atoms with Crippen LogP contribution >= 0.6 is 0 Å². The average Bonchev–Trinajstić information content (AvgIpc) is 3.08. The molecule has 2 nitrogen and oxygen atoms in total. The highest BCUT2D eigenvalue weighted by atomic mass is 19.3. The van der Waals surface area contributed by atoms with Crippen molar-refractivity contribution in [3.8, 4) is 5.75 Å². The van der Waals surface area contributed by atoms with Crippen molar-refractivity contribution < 1.29 is 13.5 Å². The third-order valence-electron chi connectivity index (χ3n) is 3.53. The Balaban J connectivity index is 2.46. The van der Waals surface area contributed by atoms with E-state index < -0.39 is 5.92 Å². The minimum atomic E-state index is -2.90. The molecule has 94 valence electrons. The van der Waals surface area contributed by atoms with Gasteiger partial charge in [0.2, 0.25) is 0 Å². The minimum Gasteiger partial charge on any atom is -0.496 e. The van der Waals surface area contributed by atoms with E-state index in [0.717, 1.165) is 25.3 Å². The molecule has 1 aromatic rings. The van der Waals surface area contributed by atoms with Crippen LogP contribution in [0.15, 0.2) is 18.2 Å². The summed E-state index contributed by atoms with van der Waals surface area (Å²) < 4.78 is 31.9. The number of hydrogen-bond acceptors (Lipinski definition) is 2. The van der Waals surface area contributed by atoms with Gasteiger partial charge in [0.15, 0.2) is 0 Å². The number of methoxy groups -OCH3 is 1. The van der Waals surface area contributed by atoms with E-state index in [-0.39, 0.29) is 16.7 Å². The van der Waals surface area contributed by atoms with Gasteiger partial charge >= 0.3 is 0 Å². The second-order valence-corrected chi connectivity index (χ2v) is 4.79. The molecular weight excluding hydrogens is 224 g/mol. The monoisotopic (exact) mass is 241 g/mol. The van der Waals surface area contributed by atoms with Crippen molar-refractivity contribution in [3.05, 3.63) is 29.3 Å². The first-order valence-electron chi connectivity index (χ1n) is 5.70. The molecule has 0 aromatic heterocycles. The van der Waals surface area contributed by atoms with Gasteiger partial charge in [0.05, 0.1) is 12.7 Å². The Morgan fingerprint density at radius 3 is 2.47 bits per heavy atom. The van der Waals surface area contributed by atoms with E-state index in [2.05, 4.69) is 0 Å². The summed E-state index contributed by atoms with van der Waals surface area (Å²) in [6.45, 7) is 1.39. The Hall–Kier alpha value is -1.16. The van der Waals surface area contributed by atoms with Crippen LogP contribution in [-0.2, 0) is 11.3 Å². The molecule has 1 aliphatic carbocycles. The molecule has 0 unspecified atom stereocenters. The number of ether oxygens (including phenoxy) is 1. The molecule has 0 heterocycles. The fourth-order valence-electron chi connectivity index (χ4n) is 2.14. The fourth-order valence-corrected chi connectivity index (χ4v) is 2.14. The smallest absolute Gasteiger partial charge is 0.274 e. The van der Waals surface area contributed by atoms with Crippen molar-refractivity contribution in [1.29, 1.82) is 0 Å². The van der Waals surface area contributed by atoms with E-state index in [0.29, 0.717) is 6.54 Å². The maximum atomic E-state index is 13.5. The maximum absolute atomic E-state index is 13.5. The van der Waals surface area contributed by atoms with Gasteiger partial charge in [-0.15, -0.1) is 0 Å². The molecule has 0 saturated heterocycles. The molecule has 1 saturated carbocycles. The summed E-state index contributed by atoms with van der Waals surface area (Å²) in [5.74, 6) is -2.67. The van der Waals surface area contributed by atoms with Gasteiger partial charge in [0.25, 0.3) is 5.92 Å². The summed E-state index contributed by atoms with van der Waals surface area (Å²) in [6, 6.07) is 4.99. The molecule has 0 radical (unpaired) electrons. The van der Waals surface area contributed by atoms with Crippen molar-refractivity contribution in [2.24, 2.45) is 5.73 Å². The van der Waals surface area contributed by atoms with E-state index in [1.54, 1.807) is 12.1 Å². The molecule has 0 amide bonds. The first-order valence-corrected chi connectivity index (χ1v) is 5.70. The largest absolute Gasteiger partial charge is 0.496 e. The quantitative estimate of drug-likeness (QED) is 0.879. The SMILES string of the molecule is COc1ccc(C2(CN)CC2)cc1C(C)(F)F. The number of alkyl halides is 2. The predicted molar refractivity (Wildman–Crippen MR) is 62.5 cm³/mol. The van der Waals surface area contributed by atoms with E-state index >= 15 is 0 Å². The Morgan fingerprint density at radius 1 is 1.41 bits per heavy atom. The molecule has 0 aliphatic heterocycles. The molecule has 17 heavy (non-hydrogen) atoms. The Kier molecular flexibility index (Phi) is 2.86. The van der Waals surface area contributed by atoms with Crippen LogP contribution in [0.5, 0.6) is 5.75 Å². The van der Waals surface area contributed by atoms with Crippen molar-refractivity contribution in [3.63, 3.8) is 0 Å². The van der Waals surface area contributed by atoms with Crippen molar-refractivity contribution >= 4 is 0 Å². The van der Waals surface area contributed by atoms with Gasteiger partial charge in [-0.2, -0.15) is 0 Å². The zero-order chi connectivity index (χ0) is 12.7. The van der Waals surface area contributed by atoms with Gasteiger partial charge in [0, 0.05) is 18.9 Å². The number of rotatable bonds is 4. The second-order valence-electron chi connectivity index (χ2n) is 4.79. The molecule has 1 aliphatic rings. The Bertz CT molecular complexity index is 422. The predicted octanol–water partition coefficient (Wildman–Crippen LogP) is 2.80. The molecule has 1 aromatic carbocycles. The van der Waals surface area contributed by atoms with Crippen LogP contribution in [0, 0.1) is 0 Å². The average molecular weight is 241 g/mol. The summed E-state index contributed by atoms with van der Waals surface area (Å²) in [5.41, 5.74) is 6.48. The van der Waals surface area contributed by atoms with Crippen LogP contribution in [0.4, 0.5) is 8.78 Å². The summed E-state index contributed by atoms with van der Waals surface area (Å²) in [5, 5.41) is 0. The maximum Gasteiger partial charge on any atom is 0.274 e. The first-order chi connectivity index (χ1) is 7.93. The third kappa shape index (κ3) is 2.14. The van der Waals surface area contributed by atoms with Crippen LogP contribution in [0.25, 0.3) is 0 Å². The van der Waals surface area contributed by atoms with Crippen molar-refractivity contribution in [2.75, 3.05) is 13.7 Å². The van der Waals surface area contributed by atoms with Crippen LogP contribution in [0.2, 0.25) is 0 Å². The van der Waals surface area contributed by atoms with Crippen molar-refractivity contribution in [1.82, 2.24) is 0 Å². The molecule has 0 atom stereocenters. The summed E-state index contributed by atoms with van der Waals surface area (Å²) in [4.78, 5) is 0. The third-order valence-corrected chi connectivity index (χ3v) is 3.53. The van der Waals surface area contributed by atoms with Gasteiger partial charge in [-0.3, -0.25) is 0 Å². The van der Waals surface area contributed by atoms with E-state index in [1.807, 2.05) is 6.07 Å². The van der Waals surface area contributed by atoms with Gasteiger partial charge in [0.1, 0.15) is 5.75 Å². The molecular formula is C13H17F2NO. The highest BCUT2D eigenvalue weighted by Crippen LogP contribution is 2.49. The van der Waals surface area contributed by atoms with Gasteiger partial charge in [-0.1, -0.05) is 6.07 Å². The Labute approximate surface area is 99.8 Å². The standard InChI is InChI=1S/C13H17F2NO/c1-12(14,15)10-7-9(3-4-11(10)17-2)13(8-16)5-6-13/h3-4,7H,5-6,8,16H2,1-2H3. The highest BCUT2D eigenvalue weighted by Gasteiger charge is 2.44. The molecule has 4 heteroatoms. The van der Waals surface area contributed by atoms with Gasteiger partial charge in [-0.25, -0.2) is 8.78 Å². The number of halogens is 2. The zero-order valence-corrected chi connectivity index (χ0v) is 10.1.